The number of rotatable bonds is 8. The lowest BCUT2D eigenvalue weighted by Gasteiger charge is -2.40. The Morgan fingerprint density at radius 3 is 2.34 bits per heavy atom. The van der Waals surface area contributed by atoms with Crippen LogP contribution in [0.3, 0.4) is 0 Å². The summed E-state index contributed by atoms with van der Waals surface area (Å²) < 4.78 is 6.31. The molecule has 2 rings (SSSR count). The lowest BCUT2D eigenvalue weighted by Crippen LogP contribution is -2.56. The van der Waals surface area contributed by atoms with E-state index in [-0.39, 0.29) is 41.5 Å². The van der Waals surface area contributed by atoms with Crippen LogP contribution >= 0.6 is 24.0 Å². The molecule has 0 aromatic rings. The van der Waals surface area contributed by atoms with Crippen molar-refractivity contribution in [3.8, 4) is 0 Å². The molecule has 0 aromatic carbocycles. The molecule has 1 amide bonds. The van der Waals surface area contributed by atoms with Gasteiger partial charge < -0.3 is 20.3 Å². The van der Waals surface area contributed by atoms with Crippen molar-refractivity contribution in [2.75, 3.05) is 52.9 Å². The molecule has 1 aliphatic heterocycles. The molecular weight excluding hydrogens is 481 g/mol. The molecule has 0 bridgehead atoms. The third kappa shape index (κ3) is 8.96. The summed E-state index contributed by atoms with van der Waals surface area (Å²) in [5.74, 6) is 1.06. The third-order valence-corrected chi connectivity index (χ3v) is 5.65. The monoisotopic (exact) mass is 523 g/mol. The van der Waals surface area contributed by atoms with Crippen LogP contribution in [0.1, 0.15) is 59.3 Å². The molecule has 7 nitrogen and oxygen atoms in total. The number of piperazine rings is 1. The molecule has 1 saturated carbocycles. The van der Waals surface area contributed by atoms with Gasteiger partial charge in [-0.05, 0) is 33.1 Å². The van der Waals surface area contributed by atoms with Crippen LogP contribution in [0.5, 0.6) is 0 Å². The SMILES string of the molecule is CCCOC1(CNC(=NC)N2CCN(CC(=O)NC(C)C)CC2)CCCCC1.I. The van der Waals surface area contributed by atoms with Crippen LogP contribution in [-0.2, 0) is 9.53 Å². The van der Waals surface area contributed by atoms with E-state index in [4.69, 9.17) is 4.74 Å². The number of hydrogen-bond donors (Lipinski definition) is 2. The predicted octanol–water partition coefficient (Wildman–Crippen LogP) is 2.45. The lowest BCUT2D eigenvalue weighted by molar-refractivity contribution is -0.123. The Morgan fingerprint density at radius 1 is 1.14 bits per heavy atom. The molecule has 1 heterocycles. The van der Waals surface area contributed by atoms with Crippen molar-refractivity contribution in [2.24, 2.45) is 4.99 Å². The largest absolute Gasteiger partial charge is 0.373 e. The third-order valence-electron chi connectivity index (χ3n) is 5.65. The summed E-state index contributed by atoms with van der Waals surface area (Å²) in [6, 6.07) is 0.193. The van der Waals surface area contributed by atoms with Gasteiger partial charge in [0.2, 0.25) is 5.91 Å². The smallest absolute Gasteiger partial charge is 0.234 e. The van der Waals surface area contributed by atoms with Crippen LogP contribution in [0, 0.1) is 0 Å². The quantitative estimate of drug-likeness (QED) is 0.291. The number of guanidine groups is 1. The molecule has 0 unspecified atom stereocenters. The first-order valence-corrected chi connectivity index (χ1v) is 11.1. The highest BCUT2D eigenvalue weighted by molar-refractivity contribution is 14.0. The average molecular weight is 524 g/mol. The minimum Gasteiger partial charge on any atom is -0.373 e. The van der Waals surface area contributed by atoms with Gasteiger partial charge in [-0.15, -0.1) is 24.0 Å². The molecule has 8 heteroatoms. The number of ether oxygens (including phenoxy) is 1. The van der Waals surface area contributed by atoms with Crippen molar-refractivity contribution in [3.05, 3.63) is 0 Å². The van der Waals surface area contributed by atoms with E-state index in [1.165, 1.54) is 19.3 Å². The van der Waals surface area contributed by atoms with Gasteiger partial charge in [-0.25, -0.2) is 0 Å². The predicted molar refractivity (Wildman–Crippen MR) is 130 cm³/mol. The van der Waals surface area contributed by atoms with Crippen LogP contribution in [0.2, 0.25) is 0 Å². The number of nitrogens with one attached hydrogen (secondary N) is 2. The second kappa shape index (κ2) is 13.6. The maximum Gasteiger partial charge on any atom is 0.234 e. The van der Waals surface area contributed by atoms with E-state index in [2.05, 4.69) is 32.3 Å². The molecule has 170 valence electrons. The van der Waals surface area contributed by atoms with Crippen molar-refractivity contribution in [1.29, 1.82) is 0 Å². The van der Waals surface area contributed by atoms with Gasteiger partial charge >= 0.3 is 0 Å². The summed E-state index contributed by atoms with van der Waals surface area (Å²) in [6.07, 6.45) is 7.15. The highest BCUT2D eigenvalue weighted by Crippen LogP contribution is 2.31. The lowest BCUT2D eigenvalue weighted by atomic mass is 9.84. The highest BCUT2D eigenvalue weighted by Gasteiger charge is 2.33. The molecule has 0 aromatic heterocycles. The van der Waals surface area contributed by atoms with E-state index in [0.717, 1.165) is 64.6 Å². The average Bonchev–Trinajstić information content (AvgIpc) is 2.68. The Hall–Kier alpha value is -0.610. The van der Waals surface area contributed by atoms with Crippen LogP contribution in [0.25, 0.3) is 0 Å². The maximum atomic E-state index is 12.0. The van der Waals surface area contributed by atoms with Gasteiger partial charge in [0.25, 0.3) is 0 Å². The van der Waals surface area contributed by atoms with Crippen LogP contribution in [0.15, 0.2) is 4.99 Å². The fraction of sp³-hybridized carbons (Fsp3) is 0.905. The zero-order chi connectivity index (χ0) is 20.4. The first-order chi connectivity index (χ1) is 13.5. The van der Waals surface area contributed by atoms with Gasteiger partial charge in [-0.1, -0.05) is 26.2 Å². The minimum atomic E-state index is -0.0407. The number of amides is 1. The molecule has 2 aliphatic rings. The molecule has 0 spiro atoms. The highest BCUT2D eigenvalue weighted by atomic mass is 127. The van der Waals surface area contributed by atoms with Crippen LogP contribution in [0.4, 0.5) is 0 Å². The fourth-order valence-corrected chi connectivity index (χ4v) is 4.15. The Labute approximate surface area is 194 Å². The Bertz CT molecular complexity index is 501. The van der Waals surface area contributed by atoms with Crippen molar-refractivity contribution in [1.82, 2.24) is 20.4 Å². The second-order valence-electron chi connectivity index (χ2n) is 8.48. The van der Waals surface area contributed by atoms with E-state index in [1.54, 1.807) is 0 Å². The molecule has 0 atom stereocenters. The molecule has 2 fully saturated rings. The summed E-state index contributed by atoms with van der Waals surface area (Å²) in [7, 11) is 1.85. The second-order valence-corrected chi connectivity index (χ2v) is 8.48. The zero-order valence-electron chi connectivity index (χ0n) is 18.8. The van der Waals surface area contributed by atoms with Gasteiger partial charge in [0.15, 0.2) is 5.96 Å². The number of hydrogen-bond acceptors (Lipinski definition) is 4. The molecule has 0 radical (unpaired) electrons. The van der Waals surface area contributed by atoms with Crippen molar-refractivity contribution >= 4 is 35.8 Å². The van der Waals surface area contributed by atoms with Gasteiger partial charge in [0, 0.05) is 52.4 Å². The number of nitrogens with zero attached hydrogens (tertiary/aromatic N) is 3. The van der Waals surface area contributed by atoms with Crippen molar-refractivity contribution in [2.45, 2.75) is 70.9 Å². The van der Waals surface area contributed by atoms with Crippen LogP contribution < -0.4 is 10.6 Å². The van der Waals surface area contributed by atoms with E-state index in [9.17, 15) is 4.79 Å². The molecule has 1 saturated heterocycles. The number of aliphatic imine (C=N–C) groups is 1. The fourth-order valence-electron chi connectivity index (χ4n) is 4.15. The van der Waals surface area contributed by atoms with Crippen LogP contribution in [-0.4, -0.2) is 86.2 Å². The van der Waals surface area contributed by atoms with Gasteiger partial charge in [-0.2, -0.15) is 0 Å². The molecule has 2 N–H and O–H groups in total. The summed E-state index contributed by atoms with van der Waals surface area (Å²) in [4.78, 5) is 21.0. The van der Waals surface area contributed by atoms with Crippen molar-refractivity contribution in [3.63, 3.8) is 0 Å². The number of halogens is 1. The summed E-state index contributed by atoms with van der Waals surface area (Å²) in [5.41, 5.74) is -0.0407. The molecule has 1 aliphatic carbocycles. The van der Waals surface area contributed by atoms with E-state index < -0.39 is 0 Å². The first kappa shape index (κ1) is 26.4. The first-order valence-electron chi connectivity index (χ1n) is 11.1. The Morgan fingerprint density at radius 2 is 1.79 bits per heavy atom. The van der Waals surface area contributed by atoms with Gasteiger partial charge in [0.1, 0.15) is 0 Å². The summed E-state index contributed by atoms with van der Waals surface area (Å²) >= 11 is 0. The standard InChI is InChI=1S/C21H41N5O2.HI/c1-5-15-28-21(9-7-6-8-10-21)17-23-20(22-4)26-13-11-25(12-14-26)16-19(27)24-18(2)3;/h18H,5-17H2,1-4H3,(H,22,23)(H,24,27);1H. The Balaban J connectivity index is 0.00000420. The number of carbonyl (C=O) groups is 1. The zero-order valence-corrected chi connectivity index (χ0v) is 21.2. The molecule has 29 heavy (non-hydrogen) atoms. The minimum absolute atomic E-state index is 0. The summed E-state index contributed by atoms with van der Waals surface area (Å²) in [6.45, 7) is 11.8. The van der Waals surface area contributed by atoms with Gasteiger partial charge in [0.05, 0.1) is 12.1 Å². The maximum absolute atomic E-state index is 12.0. The van der Waals surface area contributed by atoms with E-state index in [1.807, 2.05) is 20.9 Å². The van der Waals surface area contributed by atoms with Gasteiger partial charge in [-0.3, -0.25) is 14.7 Å². The Kier molecular flexibility index (Phi) is 12.4. The number of carbonyl (C=O) groups excluding carboxylic acids is 1. The molecular formula is C21H42IN5O2. The van der Waals surface area contributed by atoms with E-state index in [0.29, 0.717) is 6.54 Å². The van der Waals surface area contributed by atoms with E-state index >= 15 is 0 Å². The summed E-state index contributed by atoms with van der Waals surface area (Å²) in [5, 5.41) is 6.56. The van der Waals surface area contributed by atoms with Crippen molar-refractivity contribution < 1.29 is 9.53 Å². The topological polar surface area (TPSA) is 69.2 Å². The normalized spacial score (nSPS) is 20.3.